The number of nitrogens with zero attached hydrogens (tertiary/aromatic N) is 1. The quantitative estimate of drug-likeness (QED) is 0.203. The van der Waals surface area contributed by atoms with Gasteiger partial charge in [0.25, 0.3) is 0 Å². The van der Waals surface area contributed by atoms with Gasteiger partial charge in [-0.2, -0.15) is 0 Å². The molecule has 0 saturated heterocycles. The number of aromatic hydroxyl groups is 1. The molecule has 0 atom stereocenters. The zero-order valence-corrected chi connectivity index (χ0v) is 16.9. The molecule has 164 valence electrons. The average Bonchev–Trinajstić information content (AvgIpc) is 2.74. The average molecular weight is 421 g/mol. The Morgan fingerprint density at radius 1 is 1.23 bits per heavy atom. The summed E-state index contributed by atoms with van der Waals surface area (Å²) in [5.41, 5.74) is 3.23. The molecular weight excluding hydrogens is 393 g/mol. The molecule has 5 N–H and O–H groups in total. The molecule has 2 aromatic rings. The van der Waals surface area contributed by atoms with Gasteiger partial charge in [0.05, 0.1) is 24.6 Å². The maximum absolute atomic E-state index is 14.4. The number of anilines is 1. The van der Waals surface area contributed by atoms with Crippen LogP contribution < -0.4 is 15.5 Å². The van der Waals surface area contributed by atoms with Crippen LogP contribution in [0.5, 0.6) is 11.5 Å². The summed E-state index contributed by atoms with van der Waals surface area (Å²) in [5.74, 6) is -0.488. The van der Waals surface area contributed by atoms with Gasteiger partial charge in [0, 0.05) is 36.4 Å². The highest BCUT2D eigenvalue weighted by Crippen LogP contribution is 2.26. The zero-order chi connectivity index (χ0) is 21.9. The van der Waals surface area contributed by atoms with Gasteiger partial charge < -0.3 is 20.3 Å². The minimum Gasteiger partial charge on any atom is -0.506 e. The molecule has 9 heteroatoms. The molecule has 0 bridgehead atoms. The SMILES string of the molecule is Cc1ncc(CO)c(CNc2ccc(OCCCCCCC(=O)NO)cc2F)c1O. The number of rotatable bonds is 12. The van der Waals surface area contributed by atoms with Crippen LogP contribution in [0.15, 0.2) is 24.4 Å². The third kappa shape index (κ3) is 6.85. The summed E-state index contributed by atoms with van der Waals surface area (Å²) in [6.07, 6.45) is 4.93. The summed E-state index contributed by atoms with van der Waals surface area (Å²) in [6.45, 7) is 1.94. The fraction of sp³-hybridized carbons (Fsp3) is 0.429. The van der Waals surface area contributed by atoms with E-state index in [-0.39, 0.29) is 31.0 Å². The van der Waals surface area contributed by atoms with E-state index in [9.17, 15) is 19.4 Å². The Kier molecular flexibility index (Phi) is 9.30. The molecule has 1 aromatic heterocycles. The molecule has 30 heavy (non-hydrogen) atoms. The lowest BCUT2D eigenvalue weighted by Gasteiger charge is -2.14. The molecule has 1 amide bonds. The van der Waals surface area contributed by atoms with Crippen molar-refractivity contribution < 1.29 is 29.3 Å². The van der Waals surface area contributed by atoms with Gasteiger partial charge in [-0.1, -0.05) is 12.8 Å². The molecule has 0 aliphatic carbocycles. The van der Waals surface area contributed by atoms with Crippen LogP contribution in [-0.4, -0.2) is 32.9 Å². The van der Waals surface area contributed by atoms with Gasteiger partial charge in [-0.15, -0.1) is 0 Å². The number of ether oxygens (including phenoxy) is 1. The molecule has 2 rings (SSSR count). The Hall–Kier alpha value is -2.91. The van der Waals surface area contributed by atoms with E-state index < -0.39 is 11.7 Å². The van der Waals surface area contributed by atoms with Gasteiger partial charge in [0.15, 0.2) is 0 Å². The number of hydroxylamine groups is 1. The monoisotopic (exact) mass is 421 g/mol. The van der Waals surface area contributed by atoms with Gasteiger partial charge in [0.1, 0.15) is 17.3 Å². The largest absolute Gasteiger partial charge is 0.506 e. The minimum atomic E-state index is -0.488. The highest BCUT2D eigenvalue weighted by atomic mass is 19.1. The zero-order valence-electron chi connectivity index (χ0n) is 16.9. The normalized spacial score (nSPS) is 10.7. The lowest BCUT2D eigenvalue weighted by Crippen LogP contribution is -2.17. The molecule has 0 unspecified atom stereocenters. The van der Waals surface area contributed by atoms with E-state index in [2.05, 4.69) is 10.3 Å². The van der Waals surface area contributed by atoms with Gasteiger partial charge in [-0.25, -0.2) is 9.87 Å². The first-order chi connectivity index (χ1) is 14.5. The van der Waals surface area contributed by atoms with E-state index in [1.165, 1.54) is 12.3 Å². The summed E-state index contributed by atoms with van der Waals surface area (Å²) >= 11 is 0. The summed E-state index contributed by atoms with van der Waals surface area (Å²) in [6, 6.07) is 4.50. The smallest absolute Gasteiger partial charge is 0.243 e. The minimum absolute atomic E-state index is 0.0219. The van der Waals surface area contributed by atoms with Crippen molar-refractivity contribution in [3.05, 3.63) is 47.0 Å². The third-order valence-corrected chi connectivity index (χ3v) is 4.69. The van der Waals surface area contributed by atoms with Crippen LogP contribution in [0.3, 0.4) is 0 Å². The number of carbonyl (C=O) groups excluding carboxylic acids is 1. The van der Waals surface area contributed by atoms with Crippen LogP contribution in [0, 0.1) is 12.7 Å². The van der Waals surface area contributed by atoms with E-state index >= 15 is 0 Å². The number of aliphatic hydroxyl groups is 1. The van der Waals surface area contributed by atoms with Crippen molar-refractivity contribution in [2.75, 3.05) is 11.9 Å². The predicted octanol–water partition coefficient (Wildman–Crippen LogP) is 3.17. The molecule has 1 aromatic carbocycles. The number of aromatic nitrogens is 1. The number of amides is 1. The summed E-state index contributed by atoms with van der Waals surface area (Å²) in [7, 11) is 0. The number of unbranched alkanes of at least 4 members (excludes halogenated alkanes) is 3. The van der Waals surface area contributed by atoms with E-state index in [1.807, 2.05) is 0 Å². The first-order valence-corrected chi connectivity index (χ1v) is 9.82. The molecule has 0 fully saturated rings. The first kappa shape index (κ1) is 23.4. The van der Waals surface area contributed by atoms with Crippen LogP contribution in [-0.2, 0) is 17.9 Å². The van der Waals surface area contributed by atoms with Crippen molar-refractivity contribution in [3.63, 3.8) is 0 Å². The van der Waals surface area contributed by atoms with Crippen molar-refractivity contribution in [2.45, 2.75) is 52.2 Å². The molecule has 0 radical (unpaired) electrons. The van der Waals surface area contributed by atoms with Crippen molar-refractivity contribution in [2.24, 2.45) is 0 Å². The van der Waals surface area contributed by atoms with Gasteiger partial charge in [-0.3, -0.25) is 15.0 Å². The summed E-state index contributed by atoms with van der Waals surface area (Å²) in [5, 5.41) is 30.9. The van der Waals surface area contributed by atoms with Gasteiger partial charge in [0.2, 0.25) is 5.91 Å². The molecule has 0 aliphatic heterocycles. The number of nitrogens with one attached hydrogen (secondary N) is 2. The van der Waals surface area contributed by atoms with Crippen molar-refractivity contribution >= 4 is 11.6 Å². The van der Waals surface area contributed by atoms with Crippen LogP contribution >= 0.6 is 0 Å². The number of pyridine rings is 1. The Morgan fingerprint density at radius 2 is 2.00 bits per heavy atom. The van der Waals surface area contributed by atoms with Gasteiger partial charge >= 0.3 is 0 Å². The van der Waals surface area contributed by atoms with Crippen LogP contribution in [0.2, 0.25) is 0 Å². The second-order valence-corrected chi connectivity index (χ2v) is 6.90. The molecule has 0 spiro atoms. The number of carbonyl (C=O) groups is 1. The highest BCUT2D eigenvalue weighted by molar-refractivity contribution is 5.74. The van der Waals surface area contributed by atoms with E-state index in [0.29, 0.717) is 35.6 Å². The number of aliphatic hydroxyl groups excluding tert-OH is 1. The second kappa shape index (κ2) is 11.9. The topological polar surface area (TPSA) is 124 Å². The summed E-state index contributed by atoms with van der Waals surface area (Å²) in [4.78, 5) is 14.9. The first-order valence-electron chi connectivity index (χ1n) is 9.82. The van der Waals surface area contributed by atoms with E-state index in [1.54, 1.807) is 24.5 Å². The number of halogens is 1. The third-order valence-electron chi connectivity index (χ3n) is 4.69. The lowest BCUT2D eigenvalue weighted by atomic mass is 10.1. The lowest BCUT2D eigenvalue weighted by molar-refractivity contribution is -0.129. The number of benzene rings is 1. The Balaban J connectivity index is 1.81. The molecule has 1 heterocycles. The fourth-order valence-corrected chi connectivity index (χ4v) is 2.92. The Morgan fingerprint density at radius 3 is 2.70 bits per heavy atom. The Bertz CT molecular complexity index is 848. The fourth-order valence-electron chi connectivity index (χ4n) is 2.92. The van der Waals surface area contributed by atoms with E-state index in [0.717, 1.165) is 19.3 Å². The molecule has 0 aliphatic rings. The predicted molar refractivity (Wildman–Crippen MR) is 109 cm³/mol. The van der Waals surface area contributed by atoms with Gasteiger partial charge in [-0.05, 0) is 31.9 Å². The molecule has 0 saturated carbocycles. The van der Waals surface area contributed by atoms with Crippen molar-refractivity contribution in [3.8, 4) is 11.5 Å². The molecular formula is C21H28FN3O5. The maximum atomic E-state index is 14.4. The van der Waals surface area contributed by atoms with Crippen LogP contribution in [0.1, 0.15) is 48.9 Å². The summed E-state index contributed by atoms with van der Waals surface area (Å²) < 4.78 is 19.9. The maximum Gasteiger partial charge on any atom is 0.243 e. The van der Waals surface area contributed by atoms with Crippen LogP contribution in [0.4, 0.5) is 10.1 Å². The highest BCUT2D eigenvalue weighted by Gasteiger charge is 2.12. The number of hydrogen-bond donors (Lipinski definition) is 5. The van der Waals surface area contributed by atoms with Crippen molar-refractivity contribution in [1.82, 2.24) is 10.5 Å². The van der Waals surface area contributed by atoms with Crippen LogP contribution in [0.25, 0.3) is 0 Å². The van der Waals surface area contributed by atoms with E-state index in [4.69, 9.17) is 9.94 Å². The Labute approximate surface area is 174 Å². The number of hydrogen-bond acceptors (Lipinski definition) is 7. The van der Waals surface area contributed by atoms with Crippen molar-refractivity contribution in [1.29, 1.82) is 0 Å². The standard InChI is InChI=1S/C21H28FN3O5/c1-14-21(28)17(15(13-26)11-23-14)12-24-19-8-7-16(10-18(19)22)30-9-5-3-2-4-6-20(27)25-29/h7-8,10-11,24,26,28-29H,2-6,9,12-13H2,1H3,(H,25,27). The molecule has 8 nitrogen and oxygen atoms in total. The number of aryl methyl sites for hydroxylation is 1. The second-order valence-electron chi connectivity index (χ2n) is 6.90.